The van der Waals surface area contributed by atoms with Crippen LogP contribution in [-0.2, 0) is 13.2 Å². The molecule has 0 radical (unpaired) electrons. The number of fused-ring (bicyclic) bond motifs is 1. The highest BCUT2D eigenvalue weighted by Gasteiger charge is 2.08. The Balaban J connectivity index is 1.47. The number of rotatable bonds is 8. The highest BCUT2D eigenvalue weighted by atomic mass is 16.5. The van der Waals surface area contributed by atoms with Gasteiger partial charge in [0.15, 0.2) is 11.5 Å². The van der Waals surface area contributed by atoms with E-state index in [4.69, 9.17) is 9.47 Å². The molecular formula is C27H27NO2. The van der Waals surface area contributed by atoms with Gasteiger partial charge in [0, 0.05) is 17.6 Å². The Morgan fingerprint density at radius 3 is 2.33 bits per heavy atom. The van der Waals surface area contributed by atoms with Gasteiger partial charge in [-0.1, -0.05) is 72.3 Å². The first-order valence-electron chi connectivity index (χ1n) is 10.4. The van der Waals surface area contributed by atoms with E-state index in [1.165, 1.54) is 16.3 Å². The fourth-order valence-electron chi connectivity index (χ4n) is 3.47. The third kappa shape index (κ3) is 4.74. The normalized spacial score (nSPS) is 10.7. The molecule has 0 bridgehead atoms. The summed E-state index contributed by atoms with van der Waals surface area (Å²) in [6.45, 7) is 5.91. The Bertz CT molecular complexity index is 1110. The lowest BCUT2D eigenvalue weighted by Gasteiger charge is -2.15. The zero-order valence-electron chi connectivity index (χ0n) is 17.5. The van der Waals surface area contributed by atoms with Crippen molar-refractivity contribution in [3.8, 4) is 11.5 Å². The van der Waals surface area contributed by atoms with Gasteiger partial charge in [0.05, 0.1) is 6.61 Å². The minimum atomic E-state index is 0.522. The molecule has 4 aromatic carbocycles. The van der Waals surface area contributed by atoms with Gasteiger partial charge in [-0.3, -0.25) is 0 Å². The van der Waals surface area contributed by atoms with E-state index < -0.39 is 0 Å². The minimum Gasteiger partial charge on any atom is -0.490 e. The Morgan fingerprint density at radius 1 is 0.733 bits per heavy atom. The van der Waals surface area contributed by atoms with Crippen molar-refractivity contribution in [1.82, 2.24) is 0 Å². The Morgan fingerprint density at radius 2 is 1.50 bits per heavy atom. The molecule has 4 aromatic rings. The summed E-state index contributed by atoms with van der Waals surface area (Å²) in [4.78, 5) is 0. The van der Waals surface area contributed by atoms with E-state index in [1.54, 1.807) is 0 Å². The van der Waals surface area contributed by atoms with Crippen LogP contribution in [0.3, 0.4) is 0 Å². The van der Waals surface area contributed by atoms with Crippen molar-refractivity contribution in [1.29, 1.82) is 0 Å². The van der Waals surface area contributed by atoms with Gasteiger partial charge in [-0.05, 0) is 48.6 Å². The number of aryl methyl sites for hydroxylation is 1. The van der Waals surface area contributed by atoms with Crippen LogP contribution in [0.5, 0.6) is 11.5 Å². The molecule has 0 saturated carbocycles. The van der Waals surface area contributed by atoms with Crippen LogP contribution in [0.2, 0.25) is 0 Å². The van der Waals surface area contributed by atoms with Gasteiger partial charge in [-0.25, -0.2) is 0 Å². The first kappa shape index (κ1) is 19.8. The van der Waals surface area contributed by atoms with Crippen molar-refractivity contribution in [3.63, 3.8) is 0 Å². The zero-order chi connectivity index (χ0) is 20.8. The Labute approximate surface area is 178 Å². The number of hydrogen-bond donors (Lipinski definition) is 1. The molecule has 0 aromatic heterocycles. The van der Waals surface area contributed by atoms with E-state index in [9.17, 15) is 0 Å². The second kappa shape index (κ2) is 9.36. The summed E-state index contributed by atoms with van der Waals surface area (Å²) in [7, 11) is 0. The average Bonchev–Trinajstić information content (AvgIpc) is 2.78. The highest BCUT2D eigenvalue weighted by molar-refractivity contribution is 5.93. The SMILES string of the molecule is CCOc1cc(CNc2cccc3ccccc23)ccc1OCc1ccc(C)cc1. The molecule has 0 unspecified atom stereocenters. The monoisotopic (exact) mass is 397 g/mol. The van der Waals surface area contributed by atoms with Gasteiger partial charge < -0.3 is 14.8 Å². The van der Waals surface area contributed by atoms with E-state index in [0.717, 1.165) is 28.3 Å². The maximum absolute atomic E-state index is 6.05. The maximum Gasteiger partial charge on any atom is 0.161 e. The van der Waals surface area contributed by atoms with Crippen molar-refractivity contribution >= 4 is 16.5 Å². The number of hydrogen-bond acceptors (Lipinski definition) is 3. The molecule has 3 nitrogen and oxygen atoms in total. The molecule has 0 atom stereocenters. The molecule has 0 amide bonds. The second-order valence-corrected chi connectivity index (χ2v) is 7.37. The number of anilines is 1. The predicted octanol–water partition coefficient (Wildman–Crippen LogP) is 6.74. The number of benzene rings is 4. The molecule has 152 valence electrons. The lowest BCUT2D eigenvalue weighted by molar-refractivity contribution is 0.269. The maximum atomic E-state index is 6.05. The topological polar surface area (TPSA) is 30.5 Å². The average molecular weight is 398 g/mol. The van der Waals surface area contributed by atoms with Crippen LogP contribution < -0.4 is 14.8 Å². The fraction of sp³-hybridized carbons (Fsp3) is 0.185. The smallest absolute Gasteiger partial charge is 0.161 e. The minimum absolute atomic E-state index is 0.522. The van der Waals surface area contributed by atoms with E-state index in [0.29, 0.717) is 19.8 Å². The third-order valence-electron chi connectivity index (χ3n) is 5.10. The van der Waals surface area contributed by atoms with E-state index in [-0.39, 0.29) is 0 Å². The summed E-state index contributed by atoms with van der Waals surface area (Å²) in [6, 6.07) is 29.3. The molecular weight excluding hydrogens is 370 g/mol. The van der Waals surface area contributed by atoms with Gasteiger partial charge >= 0.3 is 0 Å². The molecule has 0 aliphatic carbocycles. The van der Waals surface area contributed by atoms with Crippen LogP contribution in [0.1, 0.15) is 23.6 Å². The van der Waals surface area contributed by atoms with Crippen LogP contribution in [0.25, 0.3) is 10.8 Å². The Kier molecular flexibility index (Phi) is 6.19. The van der Waals surface area contributed by atoms with Crippen molar-refractivity contribution in [2.75, 3.05) is 11.9 Å². The van der Waals surface area contributed by atoms with E-state index in [1.807, 2.05) is 13.0 Å². The number of ether oxygens (including phenoxy) is 2. The molecule has 0 aliphatic rings. The summed E-state index contributed by atoms with van der Waals surface area (Å²) in [5.74, 6) is 1.55. The summed E-state index contributed by atoms with van der Waals surface area (Å²) in [6.07, 6.45) is 0. The largest absolute Gasteiger partial charge is 0.490 e. The fourth-order valence-corrected chi connectivity index (χ4v) is 3.47. The molecule has 0 spiro atoms. The van der Waals surface area contributed by atoms with Crippen LogP contribution in [-0.4, -0.2) is 6.61 Å². The van der Waals surface area contributed by atoms with Gasteiger partial charge in [0.2, 0.25) is 0 Å². The lowest BCUT2D eigenvalue weighted by atomic mass is 10.1. The van der Waals surface area contributed by atoms with Crippen molar-refractivity contribution in [2.45, 2.75) is 27.0 Å². The molecule has 0 heterocycles. The van der Waals surface area contributed by atoms with Gasteiger partial charge in [0.25, 0.3) is 0 Å². The van der Waals surface area contributed by atoms with Gasteiger partial charge in [-0.15, -0.1) is 0 Å². The quantitative estimate of drug-likeness (QED) is 0.357. The van der Waals surface area contributed by atoms with Crippen molar-refractivity contribution < 1.29 is 9.47 Å². The summed E-state index contributed by atoms with van der Waals surface area (Å²) in [5, 5.41) is 6.02. The number of nitrogens with one attached hydrogen (secondary N) is 1. The molecule has 1 N–H and O–H groups in total. The first-order chi connectivity index (χ1) is 14.7. The molecule has 3 heteroatoms. The zero-order valence-corrected chi connectivity index (χ0v) is 17.5. The van der Waals surface area contributed by atoms with Crippen LogP contribution in [0, 0.1) is 6.92 Å². The second-order valence-electron chi connectivity index (χ2n) is 7.37. The summed E-state index contributed by atoms with van der Waals surface area (Å²) in [5.41, 5.74) is 4.67. The van der Waals surface area contributed by atoms with Crippen molar-refractivity contribution in [2.24, 2.45) is 0 Å². The van der Waals surface area contributed by atoms with Crippen molar-refractivity contribution in [3.05, 3.63) is 102 Å². The van der Waals surface area contributed by atoms with Gasteiger partial charge in [-0.2, -0.15) is 0 Å². The molecule has 4 rings (SSSR count). The Hall–Kier alpha value is -3.46. The van der Waals surface area contributed by atoms with Gasteiger partial charge in [0.1, 0.15) is 6.61 Å². The molecule has 30 heavy (non-hydrogen) atoms. The molecule has 0 aliphatic heterocycles. The van der Waals surface area contributed by atoms with E-state index >= 15 is 0 Å². The highest BCUT2D eigenvalue weighted by Crippen LogP contribution is 2.30. The molecule has 0 fully saturated rings. The summed E-state index contributed by atoms with van der Waals surface area (Å²) < 4.78 is 11.9. The standard InChI is InChI=1S/C27H27NO2/c1-3-29-27-17-22(15-16-26(27)30-19-21-13-11-20(2)12-14-21)18-28-25-10-6-8-23-7-4-5-9-24(23)25/h4-17,28H,3,18-19H2,1-2H3. The summed E-state index contributed by atoms with van der Waals surface area (Å²) >= 11 is 0. The first-order valence-corrected chi connectivity index (χ1v) is 10.4. The third-order valence-corrected chi connectivity index (χ3v) is 5.10. The van der Waals surface area contributed by atoms with Crippen LogP contribution in [0.4, 0.5) is 5.69 Å². The molecule has 0 saturated heterocycles. The van der Waals surface area contributed by atoms with E-state index in [2.05, 4.69) is 91.1 Å². The van der Waals surface area contributed by atoms with Crippen LogP contribution in [0.15, 0.2) is 84.9 Å². The van der Waals surface area contributed by atoms with Crippen LogP contribution >= 0.6 is 0 Å². The lowest BCUT2D eigenvalue weighted by Crippen LogP contribution is -2.03. The predicted molar refractivity (Wildman–Crippen MR) is 124 cm³/mol.